The first-order valence-electron chi connectivity index (χ1n) is 8.25. The number of hydrogen-bond donors (Lipinski definition) is 2. The molecule has 0 amide bonds. The monoisotopic (exact) mass is 422 g/mol. The Bertz CT molecular complexity index is 739. The highest BCUT2D eigenvalue weighted by Crippen LogP contribution is 2.37. The van der Waals surface area contributed by atoms with Crippen molar-refractivity contribution in [2.24, 2.45) is 0 Å². The Labute approximate surface area is 164 Å². The number of alkyl halides is 5. The fourth-order valence-corrected chi connectivity index (χ4v) is 2.25. The van der Waals surface area contributed by atoms with Crippen LogP contribution in [0.25, 0.3) is 0 Å². The summed E-state index contributed by atoms with van der Waals surface area (Å²) < 4.78 is 65.3. The van der Waals surface area contributed by atoms with Crippen LogP contribution in [0.5, 0.6) is 11.5 Å². The molecule has 2 N–H and O–H groups in total. The molecule has 4 nitrogen and oxygen atoms in total. The second kappa shape index (κ2) is 9.45. The molecule has 0 heterocycles. The van der Waals surface area contributed by atoms with Crippen LogP contribution in [0.1, 0.15) is 11.1 Å². The molecular formula is C19H19ClF4O4. The van der Waals surface area contributed by atoms with E-state index in [1.807, 2.05) is 0 Å². The lowest BCUT2D eigenvalue weighted by molar-refractivity contribution is -0.0801. The molecule has 0 fully saturated rings. The van der Waals surface area contributed by atoms with Gasteiger partial charge in [-0.3, -0.25) is 0 Å². The zero-order valence-corrected chi connectivity index (χ0v) is 15.4. The lowest BCUT2D eigenvalue weighted by Gasteiger charge is -2.19. The molecule has 154 valence electrons. The molecule has 0 radical (unpaired) electrons. The highest BCUT2D eigenvalue weighted by Gasteiger charge is 2.34. The van der Waals surface area contributed by atoms with Crippen molar-refractivity contribution in [3.05, 3.63) is 59.7 Å². The summed E-state index contributed by atoms with van der Waals surface area (Å²) in [6, 6.07) is 9.53. The standard InChI is InChI=1S/C19H19ClF4O4/c20-9-15(26)10-27-16-5-1-13(2-6-16)19(23,24)14-3-7-17(8-4-14)28-12-18(21,22)11-25/h1-8,15,25-26H,9-12H2/t15-/m0/s1. The minimum absolute atomic E-state index is 0.00644. The average molecular weight is 423 g/mol. The maximum absolute atomic E-state index is 14.7. The van der Waals surface area contributed by atoms with Gasteiger partial charge in [0.15, 0.2) is 6.61 Å². The summed E-state index contributed by atoms with van der Waals surface area (Å²) in [6.45, 7) is -2.48. The topological polar surface area (TPSA) is 58.9 Å². The van der Waals surface area contributed by atoms with E-state index in [9.17, 15) is 22.7 Å². The highest BCUT2D eigenvalue weighted by atomic mass is 35.5. The summed E-state index contributed by atoms with van der Waals surface area (Å²) >= 11 is 5.45. The van der Waals surface area contributed by atoms with Gasteiger partial charge in [-0.2, -0.15) is 8.78 Å². The van der Waals surface area contributed by atoms with Gasteiger partial charge in [-0.05, 0) is 48.5 Å². The van der Waals surface area contributed by atoms with E-state index in [-0.39, 0.29) is 29.4 Å². The van der Waals surface area contributed by atoms with Gasteiger partial charge in [0.1, 0.15) is 30.8 Å². The van der Waals surface area contributed by atoms with Gasteiger partial charge in [0.05, 0.1) is 5.88 Å². The van der Waals surface area contributed by atoms with Crippen LogP contribution >= 0.6 is 11.6 Å². The van der Waals surface area contributed by atoms with Crippen LogP contribution in [0.15, 0.2) is 48.5 Å². The third-order valence-electron chi connectivity index (χ3n) is 3.74. The highest BCUT2D eigenvalue weighted by molar-refractivity contribution is 6.18. The fourth-order valence-electron chi connectivity index (χ4n) is 2.16. The first-order valence-corrected chi connectivity index (χ1v) is 8.78. The van der Waals surface area contributed by atoms with Crippen molar-refractivity contribution in [3.63, 3.8) is 0 Å². The lowest BCUT2D eigenvalue weighted by atomic mass is 10.0. The normalized spacial score (nSPS) is 13.2. The SMILES string of the molecule is OCC(F)(F)COc1ccc(C(F)(F)c2ccc(OC[C@@H](O)CCl)cc2)cc1. The van der Waals surface area contributed by atoms with E-state index in [2.05, 4.69) is 0 Å². The van der Waals surface area contributed by atoms with Crippen LogP contribution in [0, 0.1) is 0 Å². The van der Waals surface area contributed by atoms with Crippen molar-refractivity contribution in [2.45, 2.75) is 17.9 Å². The molecule has 28 heavy (non-hydrogen) atoms. The second-order valence-corrected chi connectivity index (χ2v) is 6.35. The number of benzene rings is 2. The van der Waals surface area contributed by atoms with Crippen LogP contribution in [0.3, 0.4) is 0 Å². The van der Waals surface area contributed by atoms with E-state index in [0.717, 1.165) is 24.3 Å². The lowest BCUT2D eigenvalue weighted by Crippen LogP contribution is -2.29. The summed E-state index contributed by atoms with van der Waals surface area (Å²) in [5, 5.41) is 17.8. The molecular weight excluding hydrogens is 404 g/mol. The van der Waals surface area contributed by atoms with Crippen molar-refractivity contribution >= 4 is 11.6 Å². The first kappa shape index (κ1) is 22.3. The Balaban J connectivity index is 2.05. The maximum atomic E-state index is 14.7. The van der Waals surface area contributed by atoms with E-state index in [0.29, 0.717) is 5.75 Å². The predicted octanol–water partition coefficient (Wildman–Crippen LogP) is 3.81. The second-order valence-electron chi connectivity index (χ2n) is 6.05. The number of halogens is 5. The molecule has 2 aromatic rings. The summed E-state index contributed by atoms with van der Waals surface area (Å²) in [4.78, 5) is 0. The van der Waals surface area contributed by atoms with Gasteiger partial charge < -0.3 is 19.7 Å². The van der Waals surface area contributed by atoms with Gasteiger partial charge in [0.25, 0.3) is 5.92 Å². The van der Waals surface area contributed by atoms with Crippen molar-refractivity contribution in [2.75, 3.05) is 25.7 Å². The van der Waals surface area contributed by atoms with Gasteiger partial charge in [-0.1, -0.05) is 0 Å². The van der Waals surface area contributed by atoms with Crippen LogP contribution in [-0.4, -0.2) is 47.9 Å². The molecule has 0 saturated heterocycles. The van der Waals surface area contributed by atoms with E-state index in [4.69, 9.17) is 26.2 Å². The van der Waals surface area contributed by atoms with Crippen molar-refractivity contribution in [3.8, 4) is 11.5 Å². The summed E-state index contributed by atoms with van der Waals surface area (Å²) in [6.07, 6.45) is -0.860. The van der Waals surface area contributed by atoms with E-state index in [1.54, 1.807) is 0 Å². The predicted molar refractivity (Wildman–Crippen MR) is 95.6 cm³/mol. The molecule has 2 aromatic carbocycles. The Morgan fingerprint density at radius 1 is 0.857 bits per heavy atom. The molecule has 1 atom stereocenters. The van der Waals surface area contributed by atoms with Crippen LogP contribution < -0.4 is 9.47 Å². The number of aliphatic hydroxyl groups is 2. The minimum atomic E-state index is -3.41. The van der Waals surface area contributed by atoms with E-state index >= 15 is 0 Å². The van der Waals surface area contributed by atoms with E-state index in [1.165, 1.54) is 24.3 Å². The Morgan fingerprint density at radius 2 is 1.32 bits per heavy atom. The quantitative estimate of drug-likeness (QED) is 0.451. The smallest absolute Gasteiger partial charge is 0.303 e. The molecule has 0 unspecified atom stereocenters. The Kier molecular flexibility index (Phi) is 7.51. The van der Waals surface area contributed by atoms with Crippen molar-refractivity contribution in [1.29, 1.82) is 0 Å². The van der Waals surface area contributed by atoms with Gasteiger partial charge >= 0.3 is 5.92 Å². The third kappa shape index (κ3) is 5.98. The molecule has 0 saturated carbocycles. The van der Waals surface area contributed by atoms with Gasteiger partial charge in [-0.25, -0.2) is 8.78 Å². The van der Waals surface area contributed by atoms with Crippen molar-refractivity contribution in [1.82, 2.24) is 0 Å². The van der Waals surface area contributed by atoms with Gasteiger partial charge in [0, 0.05) is 11.1 Å². The Hall–Kier alpha value is -2.03. The number of hydrogen-bond acceptors (Lipinski definition) is 4. The molecule has 0 aliphatic carbocycles. The van der Waals surface area contributed by atoms with Crippen LogP contribution in [0.4, 0.5) is 17.6 Å². The molecule has 0 bridgehead atoms. The first-order chi connectivity index (χ1) is 13.2. The largest absolute Gasteiger partial charge is 0.491 e. The number of ether oxygens (including phenoxy) is 2. The molecule has 0 aliphatic rings. The zero-order chi connectivity index (χ0) is 20.8. The number of aliphatic hydroxyl groups excluding tert-OH is 2. The van der Waals surface area contributed by atoms with Gasteiger partial charge in [-0.15, -0.1) is 11.6 Å². The summed E-state index contributed by atoms with van der Waals surface area (Å²) in [5.74, 6) is -6.46. The number of rotatable bonds is 10. The van der Waals surface area contributed by atoms with Crippen molar-refractivity contribution < 1.29 is 37.2 Å². The Morgan fingerprint density at radius 3 is 1.75 bits per heavy atom. The zero-order valence-electron chi connectivity index (χ0n) is 14.6. The van der Waals surface area contributed by atoms with Gasteiger partial charge in [0.2, 0.25) is 0 Å². The fraction of sp³-hybridized carbons (Fsp3) is 0.368. The molecule has 0 aromatic heterocycles. The van der Waals surface area contributed by atoms with Crippen LogP contribution in [0.2, 0.25) is 0 Å². The summed E-state index contributed by atoms with van der Waals surface area (Å²) in [5.41, 5.74) is -0.641. The van der Waals surface area contributed by atoms with Crippen LogP contribution in [-0.2, 0) is 5.92 Å². The third-order valence-corrected chi connectivity index (χ3v) is 4.09. The molecule has 0 aliphatic heterocycles. The average Bonchev–Trinajstić information content (AvgIpc) is 2.71. The molecule has 2 rings (SSSR count). The minimum Gasteiger partial charge on any atom is -0.491 e. The maximum Gasteiger partial charge on any atom is 0.303 e. The molecule has 9 heteroatoms. The molecule has 0 spiro atoms. The summed E-state index contributed by atoms with van der Waals surface area (Å²) in [7, 11) is 0. The van der Waals surface area contributed by atoms with E-state index < -0.39 is 31.2 Å².